The summed E-state index contributed by atoms with van der Waals surface area (Å²) in [7, 11) is 0. The van der Waals surface area contributed by atoms with Crippen molar-refractivity contribution in [2.75, 3.05) is 0 Å². The van der Waals surface area contributed by atoms with Crippen molar-refractivity contribution in [1.29, 1.82) is 0 Å². The maximum Gasteiger partial charge on any atom is 0.269 e. The van der Waals surface area contributed by atoms with Crippen molar-refractivity contribution in [3.05, 3.63) is 132 Å². The number of fused-ring (bicyclic) bond motifs is 5. The zero-order valence-corrected chi connectivity index (χ0v) is 21.1. The van der Waals surface area contributed by atoms with Gasteiger partial charge in [-0.05, 0) is 28.6 Å². The van der Waals surface area contributed by atoms with Gasteiger partial charge in [-0.1, -0.05) is 72.3 Å². The van der Waals surface area contributed by atoms with Gasteiger partial charge in [0.1, 0.15) is 5.75 Å². The van der Waals surface area contributed by atoms with Crippen LogP contribution < -0.4 is 10.3 Å². The summed E-state index contributed by atoms with van der Waals surface area (Å²) >= 11 is 7.42. The molecule has 0 spiro atoms. The number of nitro benzene ring substituents is 1. The number of ether oxygens (including phenoxy) is 1. The lowest BCUT2D eigenvalue weighted by atomic mass is 9.83. The number of halogens is 1. The van der Waals surface area contributed by atoms with Crippen LogP contribution in [0.3, 0.4) is 0 Å². The van der Waals surface area contributed by atoms with Gasteiger partial charge in [-0.15, -0.1) is 11.3 Å². The first kappa shape index (κ1) is 22.7. The first-order chi connectivity index (χ1) is 18.5. The monoisotopic (exact) mass is 537 g/mol. The van der Waals surface area contributed by atoms with E-state index >= 15 is 0 Å². The van der Waals surface area contributed by atoms with Crippen LogP contribution in [0.15, 0.2) is 95.1 Å². The van der Waals surface area contributed by atoms with Crippen LogP contribution in [0, 0.1) is 10.1 Å². The van der Waals surface area contributed by atoms with Crippen molar-refractivity contribution in [1.82, 2.24) is 9.38 Å². The van der Waals surface area contributed by atoms with Gasteiger partial charge in [-0.3, -0.25) is 19.3 Å². The minimum absolute atomic E-state index is 0.0515. The minimum atomic E-state index is -0.617. The van der Waals surface area contributed by atoms with Crippen LogP contribution in [0.25, 0.3) is 27.0 Å². The fourth-order valence-corrected chi connectivity index (χ4v) is 6.12. The number of hydrogen-bond donors (Lipinski definition) is 0. The number of benzene rings is 4. The normalized spacial score (nSPS) is 14.2. The summed E-state index contributed by atoms with van der Waals surface area (Å²) in [6, 6.07) is 25.3. The lowest BCUT2D eigenvalue weighted by Crippen LogP contribution is -2.27. The van der Waals surface area contributed by atoms with E-state index in [1.54, 1.807) is 28.7 Å². The van der Waals surface area contributed by atoms with E-state index in [1.165, 1.54) is 23.5 Å². The summed E-state index contributed by atoms with van der Waals surface area (Å²) in [5, 5.41) is 16.0. The highest BCUT2D eigenvalue weighted by Gasteiger charge is 2.35. The van der Waals surface area contributed by atoms with E-state index < -0.39 is 10.8 Å². The third-order valence-electron chi connectivity index (χ3n) is 6.83. The second kappa shape index (κ2) is 8.51. The summed E-state index contributed by atoms with van der Waals surface area (Å²) in [5.41, 5.74) is 2.86. The molecule has 0 aliphatic carbocycles. The third kappa shape index (κ3) is 3.42. The Balaban J connectivity index is 1.54. The molecule has 4 aromatic carbocycles. The highest BCUT2D eigenvalue weighted by atomic mass is 35.5. The first-order valence-corrected chi connectivity index (χ1v) is 13.0. The SMILES string of the molecule is O=c1c2c(nc3scc(-c4ccc(Cl)cc4)n13)Oc1c(ccc3ccccc13)C2c1cccc([N+](=O)[O-])c1. The summed E-state index contributed by atoms with van der Waals surface area (Å²) in [5.74, 6) is 0.186. The van der Waals surface area contributed by atoms with Crippen LogP contribution >= 0.6 is 22.9 Å². The summed E-state index contributed by atoms with van der Waals surface area (Å²) in [6.45, 7) is 0. The molecular formula is C29H16ClN3O4S. The second-order valence-corrected chi connectivity index (χ2v) is 10.2. The number of thiazole rings is 1. The molecule has 7 nitrogen and oxygen atoms in total. The van der Waals surface area contributed by atoms with Crippen LogP contribution in [0.2, 0.25) is 5.02 Å². The number of rotatable bonds is 3. The highest BCUT2D eigenvalue weighted by molar-refractivity contribution is 7.15. The molecule has 6 aromatic rings. The van der Waals surface area contributed by atoms with E-state index in [2.05, 4.69) is 0 Å². The van der Waals surface area contributed by atoms with Gasteiger partial charge in [-0.25, -0.2) is 0 Å². The molecule has 0 radical (unpaired) electrons. The molecule has 1 aliphatic rings. The molecular weight excluding hydrogens is 522 g/mol. The molecule has 3 heterocycles. The van der Waals surface area contributed by atoms with E-state index in [9.17, 15) is 14.9 Å². The molecule has 1 aliphatic heterocycles. The molecule has 184 valence electrons. The minimum Gasteiger partial charge on any atom is -0.437 e. The summed E-state index contributed by atoms with van der Waals surface area (Å²) < 4.78 is 7.95. The third-order valence-corrected chi connectivity index (χ3v) is 7.91. The number of hydrogen-bond acceptors (Lipinski definition) is 6. The Bertz CT molecular complexity index is 1980. The maximum absolute atomic E-state index is 14.3. The highest BCUT2D eigenvalue weighted by Crippen LogP contribution is 2.48. The van der Waals surface area contributed by atoms with Crippen LogP contribution in [-0.4, -0.2) is 14.3 Å². The van der Waals surface area contributed by atoms with Crippen molar-refractivity contribution < 1.29 is 9.66 Å². The fraction of sp³-hybridized carbons (Fsp3) is 0.0345. The lowest BCUT2D eigenvalue weighted by molar-refractivity contribution is -0.384. The van der Waals surface area contributed by atoms with Crippen molar-refractivity contribution in [2.45, 2.75) is 5.92 Å². The standard InChI is InChI=1S/C29H16ClN3O4S/c30-19-11-8-17(9-12-19)23-15-38-29-31-27-25(28(34)32(23)29)24(18-5-3-6-20(14-18)33(35)36)22-13-10-16-4-1-2-7-21(16)26(22)37-27/h1-15,24H. The Morgan fingerprint density at radius 3 is 2.63 bits per heavy atom. The van der Waals surface area contributed by atoms with Gasteiger partial charge >= 0.3 is 0 Å². The Morgan fingerprint density at radius 1 is 1.00 bits per heavy atom. The van der Waals surface area contributed by atoms with Crippen LogP contribution in [0.5, 0.6) is 11.6 Å². The van der Waals surface area contributed by atoms with Crippen LogP contribution in [-0.2, 0) is 0 Å². The Hall–Kier alpha value is -4.53. The zero-order chi connectivity index (χ0) is 26.0. The quantitative estimate of drug-likeness (QED) is 0.173. The van der Waals surface area contributed by atoms with Crippen LogP contribution in [0.4, 0.5) is 5.69 Å². The predicted molar refractivity (Wildman–Crippen MR) is 148 cm³/mol. The van der Waals surface area contributed by atoms with Crippen LogP contribution in [0.1, 0.15) is 22.6 Å². The van der Waals surface area contributed by atoms with Gasteiger partial charge in [-0.2, -0.15) is 4.98 Å². The zero-order valence-electron chi connectivity index (χ0n) is 19.5. The average molecular weight is 538 g/mol. The lowest BCUT2D eigenvalue weighted by Gasteiger charge is -2.28. The van der Waals surface area contributed by atoms with E-state index in [4.69, 9.17) is 21.3 Å². The van der Waals surface area contributed by atoms with Crippen molar-refractivity contribution in [3.63, 3.8) is 0 Å². The van der Waals surface area contributed by atoms with Gasteiger partial charge in [0.15, 0.2) is 4.96 Å². The van der Waals surface area contributed by atoms with Gasteiger partial charge in [0, 0.05) is 39.4 Å². The van der Waals surface area contributed by atoms with Crippen molar-refractivity contribution >= 4 is 44.4 Å². The topological polar surface area (TPSA) is 86.7 Å². The smallest absolute Gasteiger partial charge is 0.269 e. The Morgan fingerprint density at radius 2 is 1.82 bits per heavy atom. The molecule has 9 heteroatoms. The Kier molecular flexibility index (Phi) is 5.07. The van der Waals surface area contributed by atoms with E-state index in [-0.39, 0.29) is 17.1 Å². The average Bonchev–Trinajstić information content (AvgIpc) is 3.36. The van der Waals surface area contributed by atoms with Crippen molar-refractivity contribution in [3.8, 4) is 22.9 Å². The first-order valence-electron chi connectivity index (χ1n) is 11.7. The van der Waals surface area contributed by atoms with Gasteiger partial charge in [0.05, 0.1) is 16.2 Å². The maximum atomic E-state index is 14.3. The molecule has 1 unspecified atom stereocenters. The molecule has 0 saturated carbocycles. The molecule has 38 heavy (non-hydrogen) atoms. The van der Waals surface area contributed by atoms with E-state index in [1.807, 2.05) is 53.9 Å². The molecule has 1 atom stereocenters. The number of nitrogens with zero attached hydrogens (tertiary/aromatic N) is 3. The van der Waals surface area contributed by atoms with Gasteiger partial charge < -0.3 is 4.74 Å². The number of non-ortho nitro benzene ring substituents is 1. The molecule has 0 fully saturated rings. The summed E-state index contributed by atoms with van der Waals surface area (Å²) in [4.78, 5) is 30.7. The summed E-state index contributed by atoms with van der Waals surface area (Å²) in [6.07, 6.45) is 0. The molecule has 0 saturated heterocycles. The fourth-order valence-electron chi connectivity index (χ4n) is 5.11. The second-order valence-electron chi connectivity index (χ2n) is 8.97. The molecule has 7 rings (SSSR count). The van der Waals surface area contributed by atoms with Gasteiger partial charge in [0.2, 0.25) is 5.88 Å². The number of aromatic nitrogens is 2. The molecule has 2 aromatic heterocycles. The van der Waals surface area contributed by atoms with E-state index in [0.29, 0.717) is 32.6 Å². The predicted octanol–water partition coefficient (Wildman–Crippen LogP) is 7.42. The largest absolute Gasteiger partial charge is 0.437 e. The molecule has 0 amide bonds. The van der Waals surface area contributed by atoms with Crippen molar-refractivity contribution in [2.24, 2.45) is 0 Å². The number of nitro groups is 1. The van der Waals surface area contributed by atoms with Gasteiger partial charge in [0.25, 0.3) is 11.2 Å². The molecule has 0 bridgehead atoms. The molecule has 0 N–H and O–H groups in total. The van der Waals surface area contributed by atoms with E-state index in [0.717, 1.165) is 21.9 Å². The Labute approximate surface area is 224 Å².